The maximum absolute atomic E-state index is 5.59. The largest absolute Gasteiger partial charge is 0.352 e. The van der Waals surface area contributed by atoms with Crippen LogP contribution in [0.4, 0.5) is 0 Å². The van der Waals surface area contributed by atoms with Crippen LogP contribution >= 0.6 is 0 Å². The van der Waals surface area contributed by atoms with Crippen LogP contribution in [0.3, 0.4) is 0 Å². The van der Waals surface area contributed by atoms with Crippen LogP contribution in [0.5, 0.6) is 0 Å². The van der Waals surface area contributed by atoms with E-state index in [9.17, 15) is 0 Å². The Morgan fingerprint density at radius 3 is 2.09 bits per heavy atom. The molecule has 2 fully saturated rings. The minimum absolute atomic E-state index is 0.0567. The van der Waals surface area contributed by atoms with E-state index in [1.807, 2.05) is 0 Å². The molecule has 1 aliphatic heterocycles. The fourth-order valence-electron chi connectivity index (χ4n) is 1.46. The average Bonchev–Trinajstić information content (AvgIpc) is 2.70. The van der Waals surface area contributed by atoms with Crippen molar-refractivity contribution < 1.29 is 9.47 Å². The first-order chi connectivity index (χ1) is 5.22. The molecule has 64 valence electrons. The van der Waals surface area contributed by atoms with E-state index in [2.05, 4.69) is 13.8 Å². The van der Waals surface area contributed by atoms with Gasteiger partial charge < -0.3 is 9.47 Å². The predicted molar refractivity (Wildman–Crippen MR) is 42.2 cm³/mol. The Bertz CT molecular complexity index is 140. The van der Waals surface area contributed by atoms with Crippen molar-refractivity contribution in [3.63, 3.8) is 0 Å². The first-order valence-electron chi connectivity index (χ1n) is 4.45. The van der Waals surface area contributed by atoms with Gasteiger partial charge in [-0.3, -0.25) is 0 Å². The van der Waals surface area contributed by atoms with E-state index in [-0.39, 0.29) is 6.29 Å². The van der Waals surface area contributed by atoms with Crippen molar-refractivity contribution in [3.05, 3.63) is 0 Å². The Balaban J connectivity index is 1.84. The lowest BCUT2D eigenvalue weighted by Crippen LogP contribution is -2.36. The van der Waals surface area contributed by atoms with Crippen molar-refractivity contribution in [2.75, 3.05) is 13.2 Å². The van der Waals surface area contributed by atoms with Crippen molar-refractivity contribution in [1.82, 2.24) is 0 Å². The van der Waals surface area contributed by atoms with E-state index in [4.69, 9.17) is 9.47 Å². The molecule has 0 atom stereocenters. The third kappa shape index (κ3) is 1.42. The summed E-state index contributed by atoms with van der Waals surface area (Å²) in [5.41, 5.74) is 0.450. The van der Waals surface area contributed by atoms with Gasteiger partial charge in [0.2, 0.25) is 0 Å². The molecule has 0 bridgehead atoms. The minimum atomic E-state index is 0.0567. The van der Waals surface area contributed by atoms with Crippen LogP contribution in [-0.2, 0) is 9.47 Å². The molecule has 0 radical (unpaired) electrons. The molecule has 1 saturated carbocycles. The topological polar surface area (TPSA) is 18.5 Å². The van der Waals surface area contributed by atoms with Crippen molar-refractivity contribution in [1.29, 1.82) is 0 Å². The van der Waals surface area contributed by atoms with Gasteiger partial charge in [-0.2, -0.15) is 0 Å². The van der Waals surface area contributed by atoms with Gasteiger partial charge in [-0.15, -0.1) is 0 Å². The van der Waals surface area contributed by atoms with Gasteiger partial charge in [-0.05, 0) is 12.8 Å². The summed E-state index contributed by atoms with van der Waals surface area (Å²) in [5, 5.41) is 0. The normalized spacial score (nSPS) is 29.7. The molecule has 1 heterocycles. The standard InChI is InChI=1S/C9H16O2/c1-7(2)8-10-5-9(3-4-9)6-11-8/h7-8H,3-6H2,1-2H3. The summed E-state index contributed by atoms with van der Waals surface area (Å²) >= 11 is 0. The number of rotatable bonds is 1. The lowest BCUT2D eigenvalue weighted by Gasteiger charge is -2.31. The van der Waals surface area contributed by atoms with Gasteiger partial charge in [-0.25, -0.2) is 0 Å². The molecule has 1 spiro atoms. The van der Waals surface area contributed by atoms with Gasteiger partial charge in [0.1, 0.15) is 0 Å². The monoisotopic (exact) mass is 156 g/mol. The van der Waals surface area contributed by atoms with E-state index >= 15 is 0 Å². The van der Waals surface area contributed by atoms with Crippen LogP contribution in [-0.4, -0.2) is 19.5 Å². The fourth-order valence-corrected chi connectivity index (χ4v) is 1.46. The summed E-state index contributed by atoms with van der Waals surface area (Å²) in [7, 11) is 0. The summed E-state index contributed by atoms with van der Waals surface area (Å²) in [6, 6.07) is 0. The third-order valence-electron chi connectivity index (χ3n) is 2.61. The molecule has 2 aliphatic rings. The Morgan fingerprint density at radius 2 is 1.73 bits per heavy atom. The van der Waals surface area contributed by atoms with Gasteiger partial charge in [0.25, 0.3) is 0 Å². The molecule has 2 nitrogen and oxygen atoms in total. The van der Waals surface area contributed by atoms with Gasteiger partial charge in [0.15, 0.2) is 6.29 Å². The summed E-state index contributed by atoms with van der Waals surface area (Å²) in [5.74, 6) is 0.492. The molecular formula is C9H16O2. The van der Waals surface area contributed by atoms with Crippen molar-refractivity contribution in [3.8, 4) is 0 Å². The molecule has 0 aromatic rings. The lowest BCUT2D eigenvalue weighted by molar-refractivity contribution is -0.225. The molecule has 1 aliphatic carbocycles. The minimum Gasteiger partial charge on any atom is -0.352 e. The first kappa shape index (κ1) is 7.56. The van der Waals surface area contributed by atoms with Gasteiger partial charge >= 0.3 is 0 Å². The van der Waals surface area contributed by atoms with Crippen LogP contribution in [0.25, 0.3) is 0 Å². The number of hydrogen-bond acceptors (Lipinski definition) is 2. The van der Waals surface area contributed by atoms with Crippen LogP contribution in [0, 0.1) is 11.3 Å². The fraction of sp³-hybridized carbons (Fsp3) is 1.00. The zero-order chi connectivity index (χ0) is 7.90. The quantitative estimate of drug-likeness (QED) is 0.576. The maximum atomic E-state index is 5.59. The van der Waals surface area contributed by atoms with Gasteiger partial charge in [0, 0.05) is 11.3 Å². The van der Waals surface area contributed by atoms with Crippen LogP contribution in [0.1, 0.15) is 26.7 Å². The summed E-state index contributed by atoms with van der Waals surface area (Å²) < 4.78 is 11.2. The summed E-state index contributed by atoms with van der Waals surface area (Å²) in [6.07, 6.45) is 2.66. The van der Waals surface area contributed by atoms with Crippen LogP contribution in [0.2, 0.25) is 0 Å². The molecule has 2 heteroatoms. The first-order valence-corrected chi connectivity index (χ1v) is 4.45. The van der Waals surface area contributed by atoms with E-state index in [1.54, 1.807) is 0 Å². The molecule has 1 saturated heterocycles. The highest BCUT2D eigenvalue weighted by atomic mass is 16.7. The smallest absolute Gasteiger partial charge is 0.159 e. The zero-order valence-corrected chi connectivity index (χ0v) is 7.30. The average molecular weight is 156 g/mol. The van der Waals surface area contributed by atoms with Gasteiger partial charge in [-0.1, -0.05) is 13.8 Å². The van der Waals surface area contributed by atoms with Crippen LogP contribution in [0.15, 0.2) is 0 Å². The highest BCUT2D eigenvalue weighted by Crippen LogP contribution is 2.48. The van der Waals surface area contributed by atoms with Crippen molar-refractivity contribution in [2.45, 2.75) is 33.0 Å². The third-order valence-corrected chi connectivity index (χ3v) is 2.61. The molecule has 0 aromatic carbocycles. The highest BCUT2D eigenvalue weighted by molar-refractivity contribution is 4.94. The Hall–Kier alpha value is -0.0800. The Kier molecular flexibility index (Phi) is 1.69. The van der Waals surface area contributed by atoms with Gasteiger partial charge in [0.05, 0.1) is 13.2 Å². The van der Waals surface area contributed by atoms with E-state index in [0.717, 1.165) is 13.2 Å². The van der Waals surface area contributed by atoms with E-state index in [0.29, 0.717) is 11.3 Å². The summed E-state index contributed by atoms with van der Waals surface area (Å²) in [6.45, 7) is 6.12. The van der Waals surface area contributed by atoms with Crippen LogP contribution < -0.4 is 0 Å². The van der Waals surface area contributed by atoms with E-state index in [1.165, 1.54) is 12.8 Å². The number of hydrogen-bond donors (Lipinski definition) is 0. The Labute approximate surface area is 67.9 Å². The second-order valence-electron chi connectivity index (χ2n) is 4.23. The molecule has 0 N–H and O–H groups in total. The van der Waals surface area contributed by atoms with Crippen molar-refractivity contribution in [2.24, 2.45) is 11.3 Å². The van der Waals surface area contributed by atoms with Crippen molar-refractivity contribution >= 4 is 0 Å². The second kappa shape index (κ2) is 2.46. The summed E-state index contributed by atoms with van der Waals surface area (Å²) in [4.78, 5) is 0. The molecule has 0 aromatic heterocycles. The van der Waals surface area contributed by atoms with E-state index < -0.39 is 0 Å². The molecule has 11 heavy (non-hydrogen) atoms. The molecule has 0 amide bonds. The molecular weight excluding hydrogens is 140 g/mol. The lowest BCUT2D eigenvalue weighted by atomic mass is 10.1. The predicted octanol–water partition coefficient (Wildman–Crippen LogP) is 1.80. The number of ether oxygens (including phenoxy) is 2. The SMILES string of the molecule is CC(C)C1OCC2(CC2)CO1. The zero-order valence-electron chi connectivity index (χ0n) is 7.30. The Morgan fingerprint density at radius 1 is 1.18 bits per heavy atom. The second-order valence-corrected chi connectivity index (χ2v) is 4.23. The molecule has 2 rings (SSSR count). The maximum Gasteiger partial charge on any atom is 0.159 e. The molecule has 0 unspecified atom stereocenters. The highest BCUT2D eigenvalue weighted by Gasteiger charge is 2.47.